The first-order chi connectivity index (χ1) is 7.24. The van der Waals surface area contributed by atoms with Gasteiger partial charge in [-0.1, -0.05) is 6.07 Å². The molecule has 0 radical (unpaired) electrons. The molecule has 0 fully saturated rings. The molecule has 15 heavy (non-hydrogen) atoms. The van der Waals surface area contributed by atoms with Gasteiger partial charge in [0.2, 0.25) is 0 Å². The van der Waals surface area contributed by atoms with Gasteiger partial charge in [-0.25, -0.2) is 0 Å². The number of rotatable bonds is 6. The topological polar surface area (TPSA) is 41.5 Å². The molecule has 0 aliphatic heterocycles. The Hall–Kier alpha value is -0.580. The maximum Gasteiger partial charge on any atom is 0.0698 e. The Morgan fingerprint density at radius 1 is 1.40 bits per heavy atom. The molecule has 1 aromatic carbocycles. The summed E-state index contributed by atoms with van der Waals surface area (Å²) in [5, 5.41) is 11.7. The maximum absolute atomic E-state index is 8.50. The van der Waals surface area contributed by atoms with Crippen LogP contribution in [0.5, 0.6) is 0 Å². The molecule has 0 saturated heterocycles. The van der Waals surface area contributed by atoms with Gasteiger partial charge in [-0.05, 0) is 40.5 Å². The standard InChI is InChI=1S/C11H16BrNO2/c1-9-2-3-11(10(12)8-9)13-4-6-15-7-5-14/h2-3,8,13-14H,4-7H2,1H3. The molecule has 0 aliphatic rings. The van der Waals surface area contributed by atoms with E-state index in [0.29, 0.717) is 13.2 Å². The van der Waals surface area contributed by atoms with E-state index >= 15 is 0 Å². The molecule has 4 heteroatoms. The van der Waals surface area contributed by atoms with Crippen LogP contribution in [0.2, 0.25) is 0 Å². The normalized spacial score (nSPS) is 10.3. The van der Waals surface area contributed by atoms with Gasteiger partial charge in [0.15, 0.2) is 0 Å². The van der Waals surface area contributed by atoms with E-state index in [1.807, 2.05) is 6.07 Å². The van der Waals surface area contributed by atoms with Gasteiger partial charge in [-0.3, -0.25) is 0 Å². The van der Waals surface area contributed by atoms with Crippen molar-refractivity contribution in [1.82, 2.24) is 0 Å². The monoisotopic (exact) mass is 273 g/mol. The first-order valence-corrected chi connectivity index (χ1v) is 5.72. The number of hydrogen-bond acceptors (Lipinski definition) is 3. The molecule has 0 saturated carbocycles. The van der Waals surface area contributed by atoms with Crippen LogP contribution < -0.4 is 5.32 Å². The molecule has 0 bridgehead atoms. The van der Waals surface area contributed by atoms with Crippen molar-refractivity contribution in [3.8, 4) is 0 Å². The van der Waals surface area contributed by atoms with E-state index in [1.165, 1.54) is 5.56 Å². The Morgan fingerprint density at radius 3 is 2.87 bits per heavy atom. The lowest BCUT2D eigenvalue weighted by Gasteiger charge is -2.09. The molecular weight excluding hydrogens is 258 g/mol. The maximum atomic E-state index is 8.50. The second-order valence-electron chi connectivity index (χ2n) is 3.25. The minimum Gasteiger partial charge on any atom is -0.394 e. The summed E-state index contributed by atoms with van der Waals surface area (Å²) in [6.07, 6.45) is 0. The quantitative estimate of drug-likeness (QED) is 0.781. The summed E-state index contributed by atoms with van der Waals surface area (Å²) in [6, 6.07) is 6.16. The molecule has 0 unspecified atom stereocenters. The zero-order chi connectivity index (χ0) is 11.1. The largest absolute Gasteiger partial charge is 0.394 e. The molecule has 0 spiro atoms. The van der Waals surface area contributed by atoms with E-state index in [0.717, 1.165) is 16.7 Å². The summed E-state index contributed by atoms with van der Waals surface area (Å²) in [6.45, 7) is 3.87. The van der Waals surface area contributed by atoms with Crippen molar-refractivity contribution in [3.63, 3.8) is 0 Å². The van der Waals surface area contributed by atoms with Crippen LogP contribution in [0.15, 0.2) is 22.7 Å². The number of hydrogen-bond donors (Lipinski definition) is 2. The van der Waals surface area contributed by atoms with Gasteiger partial charge >= 0.3 is 0 Å². The summed E-state index contributed by atoms with van der Waals surface area (Å²) >= 11 is 3.49. The van der Waals surface area contributed by atoms with Crippen molar-refractivity contribution >= 4 is 21.6 Å². The highest BCUT2D eigenvalue weighted by molar-refractivity contribution is 9.10. The van der Waals surface area contributed by atoms with E-state index in [1.54, 1.807) is 0 Å². The molecule has 0 aliphatic carbocycles. The number of aryl methyl sites for hydroxylation is 1. The summed E-state index contributed by atoms with van der Waals surface area (Å²) < 4.78 is 6.20. The summed E-state index contributed by atoms with van der Waals surface area (Å²) in [5.41, 5.74) is 2.29. The Balaban J connectivity index is 2.31. The van der Waals surface area contributed by atoms with Gasteiger partial charge < -0.3 is 15.2 Å². The SMILES string of the molecule is Cc1ccc(NCCOCCO)c(Br)c1. The van der Waals surface area contributed by atoms with Gasteiger partial charge in [0.1, 0.15) is 0 Å². The van der Waals surface area contributed by atoms with Gasteiger partial charge in [0, 0.05) is 16.7 Å². The van der Waals surface area contributed by atoms with E-state index < -0.39 is 0 Å². The summed E-state index contributed by atoms with van der Waals surface area (Å²) in [4.78, 5) is 0. The molecular formula is C11H16BrNO2. The van der Waals surface area contributed by atoms with Crippen LogP contribution in [0.25, 0.3) is 0 Å². The third-order valence-electron chi connectivity index (χ3n) is 1.92. The molecule has 1 rings (SSSR count). The first kappa shape index (κ1) is 12.5. The number of halogens is 1. The minimum absolute atomic E-state index is 0.0776. The molecule has 3 nitrogen and oxygen atoms in total. The average Bonchev–Trinajstić information content (AvgIpc) is 2.20. The predicted octanol–water partition coefficient (Wildman–Crippen LogP) is 2.18. The summed E-state index contributed by atoms with van der Waals surface area (Å²) in [5.74, 6) is 0. The zero-order valence-electron chi connectivity index (χ0n) is 8.79. The van der Waals surface area contributed by atoms with Gasteiger partial charge in [0.05, 0.1) is 19.8 Å². The lowest BCUT2D eigenvalue weighted by Crippen LogP contribution is -2.11. The molecule has 1 aromatic rings. The smallest absolute Gasteiger partial charge is 0.0698 e. The highest BCUT2D eigenvalue weighted by Gasteiger charge is 1.98. The Bertz CT molecular complexity index is 305. The van der Waals surface area contributed by atoms with E-state index in [9.17, 15) is 0 Å². The number of ether oxygens (including phenoxy) is 1. The van der Waals surface area contributed by atoms with Crippen molar-refractivity contribution in [3.05, 3.63) is 28.2 Å². The van der Waals surface area contributed by atoms with Crippen molar-refractivity contribution in [2.75, 3.05) is 31.7 Å². The molecule has 0 heterocycles. The zero-order valence-corrected chi connectivity index (χ0v) is 10.4. The van der Waals surface area contributed by atoms with Crippen LogP contribution in [0.1, 0.15) is 5.56 Å². The van der Waals surface area contributed by atoms with Gasteiger partial charge in [-0.2, -0.15) is 0 Å². The van der Waals surface area contributed by atoms with E-state index in [4.69, 9.17) is 9.84 Å². The van der Waals surface area contributed by atoms with Crippen LogP contribution in [0.4, 0.5) is 5.69 Å². The third kappa shape index (κ3) is 4.64. The van der Waals surface area contributed by atoms with Gasteiger partial charge in [-0.15, -0.1) is 0 Å². The molecule has 0 amide bonds. The molecule has 2 N–H and O–H groups in total. The molecule has 0 aromatic heterocycles. The minimum atomic E-state index is 0.0776. The third-order valence-corrected chi connectivity index (χ3v) is 2.58. The summed E-state index contributed by atoms with van der Waals surface area (Å²) in [7, 11) is 0. The van der Waals surface area contributed by atoms with E-state index in [-0.39, 0.29) is 6.61 Å². The van der Waals surface area contributed by atoms with Crippen molar-refractivity contribution in [2.24, 2.45) is 0 Å². The van der Waals surface area contributed by atoms with Crippen LogP contribution in [-0.4, -0.2) is 31.5 Å². The fraction of sp³-hybridized carbons (Fsp3) is 0.455. The second-order valence-corrected chi connectivity index (χ2v) is 4.10. The van der Waals surface area contributed by atoms with Crippen LogP contribution in [0, 0.1) is 6.92 Å². The van der Waals surface area contributed by atoms with Crippen LogP contribution >= 0.6 is 15.9 Å². The highest BCUT2D eigenvalue weighted by Crippen LogP contribution is 2.22. The van der Waals surface area contributed by atoms with Crippen LogP contribution in [0.3, 0.4) is 0 Å². The van der Waals surface area contributed by atoms with Gasteiger partial charge in [0.25, 0.3) is 0 Å². The number of aliphatic hydroxyl groups excluding tert-OH is 1. The van der Waals surface area contributed by atoms with Crippen molar-refractivity contribution in [2.45, 2.75) is 6.92 Å². The van der Waals surface area contributed by atoms with E-state index in [2.05, 4.69) is 40.3 Å². The number of nitrogens with one attached hydrogen (secondary N) is 1. The highest BCUT2D eigenvalue weighted by atomic mass is 79.9. The van der Waals surface area contributed by atoms with Crippen LogP contribution in [-0.2, 0) is 4.74 Å². The number of benzene rings is 1. The van der Waals surface area contributed by atoms with Crippen molar-refractivity contribution < 1.29 is 9.84 Å². The first-order valence-electron chi connectivity index (χ1n) is 4.92. The second kappa shape index (κ2) is 6.82. The number of anilines is 1. The lowest BCUT2D eigenvalue weighted by molar-refractivity contribution is 0.0992. The number of aliphatic hydroxyl groups is 1. The lowest BCUT2D eigenvalue weighted by atomic mass is 10.2. The average molecular weight is 274 g/mol. The van der Waals surface area contributed by atoms with Crippen molar-refractivity contribution in [1.29, 1.82) is 0 Å². The fourth-order valence-electron chi connectivity index (χ4n) is 1.19. The molecule has 84 valence electrons. The molecule has 0 atom stereocenters. The Morgan fingerprint density at radius 2 is 2.20 bits per heavy atom. The Labute approximate surface area is 98.6 Å². The fourth-order valence-corrected chi connectivity index (χ4v) is 1.82. The Kier molecular flexibility index (Phi) is 5.68. The predicted molar refractivity (Wildman–Crippen MR) is 65.3 cm³/mol.